The van der Waals surface area contributed by atoms with Gasteiger partial charge in [-0.1, -0.05) is 26.0 Å². The van der Waals surface area contributed by atoms with Crippen LogP contribution >= 0.6 is 0 Å². The van der Waals surface area contributed by atoms with E-state index in [2.05, 4.69) is 9.46 Å². The lowest BCUT2D eigenvalue weighted by Gasteiger charge is -2.30. The van der Waals surface area contributed by atoms with E-state index in [4.69, 9.17) is 5.73 Å². The standard InChI is InChI=1S/C16H26N2O4S/c1-12(2)9-16(3,11-17)18-23(20,21)10-13-6-5-7-14(8-13)15(19)22-4/h5-8,12,18H,9-11,17H2,1-4H3. The van der Waals surface area contributed by atoms with Crippen molar-refractivity contribution in [1.29, 1.82) is 0 Å². The van der Waals surface area contributed by atoms with Crippen LogP contribution in [-0.4, -0.2) is 33.6 Å². The number of nitrogens with two attached hydrogens (primary N) is 1. The van der Waals surface area contributed by atoms with Crippen LogP contribution in [-0.2, 0) is 20.5 Å². The number of sulfonamides is 1. The monoisotopic (exact) mass is 342 g/mol. The molecule has 6 nitrogen and oxygen atoms in total. The van der Waals surface area contributed by atoms with Gasteiger partial charge in [-0.15, -0.1) is 0 Å². The van der Waals surface area contributed by atoms with Gasteiger partial charge < -0.3 is 10.5 Å². The van der Waals surface area contributed by atoms with Gasteiger partial charge in [0.1, 0.15) is 0 Å². The first-order valence-electron chi connectivity index (χ1n) is 7.50. The van der Waals surface area contributed by atoms with E-state index in [1.165, 1.54) is 13.2 Å². The second kappa shape index (κ2) is 7.90. The van der Waals surface area contributed by atoms with E-state index < -0.39 is 21.5 Å². The largest absolute Gasteiger partial charge is 0.465 e. The molecule has 0 aliphatic rings. The van der Waals surface area contributed by atoms with Crippen molar-refractivity contribution >= 4 is 16.0 Å². The normalized spacial score (nSPS) is 14.5. The number of benzene rings is 1. The lowest BCUT2D eigenvalue weighted by atomic mass is 9.92. The van der Waals surface area contributed by atoms with Gasteiger partial charge in [-0.3, -0.25) is 0 Å². The van der Waals surface area contributed by atoms with Crippen LogP contribution in [0.25, 0.3) is 0 Å². The molecule has 1 rings (SSSR count). The Morgan fingerprint density at radius 1 is 1.39 bits per heavy atom. The Bertz CT molecular complexity index is 643. The maximum atomic E-state index is 12.4. The van der Waals surface area contributed by atoms with Gasteiger partial charge in [0.2, 0.25) is 10.0 Å². The summed E-state index contributed by atoms with van der Waals surface area (Å²) in [6, 6.07) is 6.40. The summed E-state index contributed by atoms with van der Waals surface area (Å²) in [5, 5.41) is 0. The molecule has 1 atom stereocenters. The van der Waals surface area contributed by atoms with Gasteiger partial charge in [0.25, 0.3) is 0 Å². The topological polar surface area (TPSA) is 98.5 Å². The fourth-order valence-electron chi connectivity index (χ4n) is 2.60. The third-order valence-corrected chi connectivity index (χ3v) is 4.93. The number of carbonyl (C=O) groups is 1. The predicted molar refractivity (Wildman–Crippen MR) is 90.5 cm³/mol. The molecular weight excluding hydrogens is 316 g/mol. The first-order valence-corrected chi connectivity index (χ1v) is 9.15. The lowest BCUT2D eigenvalue weighted by molar-refractivity contribution is 0.0600. The van der Waals surface area contributed by atoms with Crippen LogP contribution in [0.1, 0.15) is 43.1 Å². The Labute approximate surface area is 138 Å². The van der Waals surface area contributed by atoms with Crippen molar-refractivity contribution in [3.63, 3.8) is 0 Å². The number of rotatable bonds is 8. The zero-order valence-electron chi connectivity index (χ0n) is 14.1. The molecule has 0 amide bonds. The van der Waals surface area contributed by atoms with Crippen molar-refractivity contribution in [1.82, 2.24) is 4.72 Å². The number of hydrogen-bond acceptors (Lipinski definition) is 5. The van der Waals surface area contributed by atoms with Gasteiger partial charge in [0.05, 0.1) is 18.4 Å². The second-order valence-corrected chi connectivity index (χ2v) is 8.14. The maximum Gasteiger partial charge on any atom is 0.337 e. The molecule has 0 heterocycles. The van der Waals surface area contributed by atoms with E-state index in [0.717, 1.165) is 0 Å². The molecule has 1 aromatic rings. The Balaban J connectivity index is 2.92. The highest BCUT2D eigenvalue weighted by molar-refractivity contribution is 7.88. The summed E-state index contributed by atoms with van der Waals surface area (Å²) in [6.45, 7) is 6.05. The summed E-state index contributed by atoms with van der Waals surface area (Å²) >= 11 is 0. The van der Waals surface area contributed by atoms with Crippen LogP contribution in [0, 0.1) is 5.92 Å². The highest BCUT2D eigenvalue weighted by Gasteiger charge is 2.29. The third-order valence-electron chi connectivity index (χ3n) is 3.42. The number of ether oxygens (including phenoxy) is 1. The first kappa shape index (κ1) is 19.6. The molecule has 0 saturated carbocycles. The Morgan fingerprint density at radius 2 is 2.04 bits per heavy atom. The summed E-state index contributed by atoms with van der Waals surface area (Å²) in [7, 11) is -2.30. The minimum absolute atomic E-state index is 0.215. The quantitative estimate of drug-likeness (QED) is 0.700. The summed E-state index contributed by atoms with van der Waals surface area (Å²) in [4.78, 5) is 11.5. The maximum absolute atomic E-state index is 12.4. The average Bonchev–Trinajstić information content (AvgIpc) is 2.44. The van der Waals surface area contributed by atoms with Gasteiger partial charge in [-0.25, -0.2) is 17.9 Å². The van der Waals surface area contributed by atoms with Crippen LogP contribution in [0.4, 0.5) is 0 Å². The smallest absolute Gasteiger partial charge is 0.337 e. The minimum Gasteiger partial charge on any atom is -0.465 e. The summed E-state index contributed by atoms with van der Waals surface area (Å²) < 4.78 is 32.2. The molecule has 0 radical (unpaired) electrons. The van der Waals surface area contributed by atoms with E-state index in [1.807, 2.05) is 13.8 Å². The Kier molecular flexibility index (Phi) is 6.73. The molecule has 130 valence electrons. The highest BCUT2D eigenvalue weighted by atomic mass is 32.2. The summed E-state index contributed by atoms with van der Waals surface area (Å²) in [5.41, 5.74) is 5.90. The molecule has 1 aromatic carbocycles. The molecule has 7 heteroatoms. The Morgan fingerprint density at radius 3 is 2.57 bits per heavy atom. The number of nitrogens with one attached hydrogen (secondary N) is 1. The van der Waals surface area contributed by atoms with E-state index in [0.29, 0.717) is 23.5 Å². The summed E-state index contributed by atoms with van der Waals surface area (Å²) in [5.74, 6) is -0.399. The SMILES string of the molecule is COC(=O)c1cccc(CS(=O)(=O)NC(C)(CN)CC(C)C)c1. The number of hydrogen-bond donors (Lipinski definition) is 2. The molecule has 0 aromatic heterocycles. The van der Waals surface area contributed by atoms with E-state index >= 15 is 0 Å². The van der Waals surface area contributed by atoms with Gasteiger partial charge in [0, 0.05) is 12.1 Å². The van der Waals surface area contributed by atoms with Crippen molar-refractivity contribution in [2.45, 2.75) is 38.5 Å². The van der Waals surface area contributed by atoms with Crippen LogP contribution in [0.3, 0.4) is 0 Å². The van der Waals surface area contributed by atoms with Crippen molar-refractivity contribution in [3.05, 3.63) is 35.4 Å². The van der Waals surface area contributed by atoms with E-state index in [9.17, 15) is 13.2 Å². The van der Waals surface area contributed by atoms with Crippen LogP contribution in [0.15, 0.2) is 24.3 Å². The molecule has 0 fully saturated rings. The molecular formula is C16H26N2O4S. The van der Waals surface area contributed by atoms with Gasteiger partial charge >= 0.3 is 5.97 Å². The fraction of sp³-hybridized carbons (Fsp3) is 0.562. The van der Waals surface area contributed by atoms with Gasteiger partial charge in [-0.2, -0.15) is 0 Å². The van der Waals surface area contributed by atoms with Crippen LogP contribution in [0.2, 0.25) is 0 Å². The number of carbonyl (C=O) groups excluding carboxylic acids is 1. The summed E-state index contributed by atoms with van der Waals surface area (Å²) in [6.07, 6.45) is 0.644. The van der Waals surface area contributed by atoms with E-state index in [-0.39, 0.29) is 12.3 Å². The molecule has 0 bridgehead atoms. The van der Waals surface area contributed by atoms with Crippen molar-refractivity contribution in [2.24, 2.45) is 11.7 Å². The first-order chi connectivity index (χ1) is 10.6. The highest BCUT2D eigenvalue weighted by Crippen LogP contribution is 2.18. The average molecular weight is 342 g/mol. The lowest BCUT2D eigenvalue weighted by Crippen LogP contribution is -2.52. The molecule has 0 saturated heterocycles. The molecule has 0 aliphatic heterocycles. The Hall–Kier alpha value is -1.44. The van der Waals surface area contributed by atoms with Crippen molar-refractivity contribution in [3.8, 4) is 0 Å². The van der Waals surface area contributed by atoms with Crippen LogP contribution < -0.4 is 10.5 Å². The van der Waals surface area contributed by atoms with Crippen molar-refractivity contribution < 1.29 is 17.9 Å². The zero-order valence-corrected chi connectivity index (χ0v) is 14.9. The molecule has 0 aliphatic carbocycles. The van der Waals surface area contributed by atoms with Gasteiger partial charge in [0.15, 0.2) is 0 Å². The van der Waals surface area contributed by atoms with Crippen LogP contribution in [0.5, 0.6) is 0 Å². The number of methoxy groups -OCH3 is 1. The molecule has 1 unspecified atom stereocenters. The molecule has 23 heavy (non-hydrogen) atoms. The van der Waals surface area contributed by atoms with Crippen molar-refractivity contribution in [2.75, 3.05) is 13.7 Å². The second-order valence-electron chi connectivity index (χ2n) is 6.42. The zero-order chi connectivity index (χ0) is 17.7. The minimum atomic E-state index is -3.58. The fourth-order valence-corrected chi connectivity index (χ4v) is 4.21. The third kappa shape index (κ3) is 6.29. The molecule has 3 N–H and O–H groups in total. The molecule has 0 spiro atoms. The van der Waals surface area contributed by atoms with Gasteiger partial charge in [-0.05, 0) is 37.0 Å². The van der Waals surface area contributed by atoms with E-state index in [1.54, 1.807) is 25.1 Å². The predicted octanol–water partition coefficient (Wildman–Crippen LogP) is 1.66. The number of esters is 1.